The van der Waals surface area contributed by atoms with Gasteiger partial charge in [-0.25, -0.2) is 4.85 Å². The van der Waals surface area contributed by atoms with Crippen LogP contribution in [0.4, 0.5) is 22.1 Å². The van der Waals surface area contributed by atoms with Gasteiger partial charge in [-0.15, -0.1) is 11.3 Å². The molecule has 5 rings (SSSR count). The summed E-state index contributed by atoms with van der Waals surface area (Å²) in [6, 6.07) is 25.6. The molecule has 0 spiro atoms. The first-order chi connectivity index (χ1) is 14.5. The van der Waals surface area contributed by atoms with Crippen molar-refractivity contribution < 1.29 is 0 Å². The fourth-order valence-electron chi connectivity index (χ4n) is 4.59. The third kappa shape index (κ3) is 2.61. The highest BCUT2D eigenvalue weighted by atomic mass is 32.1. The quantitative estimate of drug-likeness (QED) is 0.303. The normalized spacial score (nSPS) is 14.0. The molecule has 2 nitrogen and oxygen atoms in total. The Morgan fingerprint density at radius 3 is 2.07 bits per heavy atom. The summed E-state index contributed by atoms with van der Waals surface area (Å²) in [5.41, 5.74) is 8.84. The summed E-state index contributed by atoms with van der Waals surface area (Å²) >= 11 is 1.73. The van der Waals surface area contributed by atoms with E-state index in [0.717, 1.165) is 27.4 Å². The SMILES string of the molecule is [C-]#[N+]c1c(C)cccc1-c1ccsc1N1c2ccccc2C(C)(C)c2ccccc21. The maximum absolute atomic E-state index is 7.74. The summed E-state index contributed by atoms with van der Waals surface area (Å²) in [4.78, 5) is 6.24. The molecule has 30 heavy (non-hydrogen) atoms. The number of thiophene rings is 1. The van der Waals surface area contributed by atoms with E-state index >= 15 is 0 Å². The molecule has 4 aromatic rings. The summed E-state index contributed by atoms with van der Waals surface area (Å²) < 4.78 is 0. The van der Waals surface area contributed by atoms with Crippen LogP contribution in [-0.4, -0.2) is 0 Å². The topological polar surface area (TPSA) is 7.60 Å². The lowest BCUT2D eigenvalue weighted by Crippen LogP contribution is -2.30. The van der Waals surface area contributed by atoms with Gasteiger partial charge in [-0.2, -0.15) is 0 Å². The molecule has 0 aliphatic carbocycles. The van der Waals surface area contributed by atoms with Crippen LogP contribution in [0.1, 0.15) is 30.5 Å². The first-order valence-corrected chi connectivity index (χ1v) is 11.0. The van der Waals surface area contributed by atoms with E-state index in [1.165, 1.54) is 22.5 Å². The molecule has 0 saturated heterocycles. The van der Waals surface area contributed by atoms with Gasteiger partial charge in [0.2, 0.25) is 0 Å². The molecule has 1 aliphatic rings. The predicted molar refractivity (Wildman–Crippen MR) is 128 cm³/mol. The lowest BCUT2D eigenvalue weighted by Gasteiger charge is -2.41. The molecule has 0 N–H and O–H groups in total. The first kappa shape index (κ1) is 18.7. The van der Waals surface area contributed by atoms with E-state index in [0.29, 0.717) is 0 Å². The highest BCUT2D eigenvalue weighted by Crippen LogP contribution is 2.55. The van der Waals surface area contributed by atoms with Gasteiger partial charge in [0, 0.05) is 11.0 Å². The zero-order chi connectivity index (χ0) is 20.9. The molecule has 0 atom stereocenters. The van der Waals surface area contributed by atoms with Crippen LogP contribution in [0.3, 0.4) is 0 Å². The van der Waals surface area contributed by atoms with E-state index in [1.807, 2.05) is 19.1 Å². The smallest absolute Gasteiger partial charge is 0.197 e. The van der Waals surface area contributed by atoms with Crippen LogP contribution in [0.15, 0.2) is 78.2 Å². The van der Waals surface area contributed by atoms with Gasteiger partial charge in [0.15, 0.2) is 5.69 Å². The number of hydrogen-bond acceptors (Lipinski definition) is 2. The van der Waals surface area contributed by atoms with Crippen LogP contribution in [0.5, 0.6) is 0 Å². The van der Waals surface area contributed by atoms with Gasteiger partial charge in [0.05, 0.1) is 17.9 Å². The second kappa shape index (κ2) is 6.86. The maximum atomic E-state index is 7.74. The van der Waals surface area contributed by atoms with Gasteiger partial charge < -0.3 is 4.90 Å². The Bertz CT molecular complexity index is 1260. The number of nitrogens with zero attached hydrogens (tertiary/aromatic N) is 2. The summed E-state index contributed by atoms with van der Waals surface area (Å²) in [7, 11) is 0. The minimum absolute atomic E-state index is 0.0773. The average Bonchev–Trinajstić information content (AvgIpc) is 3.23. The fourth-order valence-corrected chi connectivity index (χ4v) is 5.53. The largest absolute Gasteiger partial charge is 0.301 e. The fraction of sp³-hybridized carbons (Fsp3) is 0.148. The van der Waals surface area contributed by atoms with Gasteiger partial charge in [-0.1, -0.05) is 68.4 Å². The van der Waals surface area contributed by atoms with Crippen LogP contribution in [0.25, 0.3) is 16.0 Å². The average molecular weight is 407 g/mol. The minimum Gasteiger partial charge on any atom is -0.301 e. The van der Waals surface area contributed by atoms with Crippen molar-refractivity contribution in [2.45, 2.75) is 26.2 Å². The third-order valence-electron chi connectivity index (χ3n) is 6.12. The van der Waals surface area contributed by atoms with Crippen molar-refractivity contribution in [1.29, 1.82) is 0 Å². The Hall–Kier alpha value is -3.35. The van der Waals surface area contributed by atoms with Crippen molar-refractivity contribution in [2.75, 3.05) is 4.90 Å². The third-order valence-corrected chi connectivity index (χ3v) is 7.02. The molecule has 3 heteroatoms. The number of fused-ring (bicyclic) bond motifs is 2. The Morgan fingerprint density at radius 1 is 0.800 bits per heavy atom. The molecule has 0 radical (unpaired) electrons. The summed E-state index contributed by atoms with van der Waals surface area (Å²) in [5.74, 6) is 0. The summed E-state index contributed by atoms with van der Waals surface area (Å²) in [5, 5.41) is 3.28. The molecule has 1 aliphatic heterocycles. The monoisotopic (exact) mass is 406 g/mol. The van der Waals surface area contributed by atoms with E-state index in [4.69, 9.17) is 6.57 Å². The molecule has 1 aromatic heterocycles. The van der Waals surface area contributed by atoms with Gasteiger partial charge in [-0.05, 0) is 52.8 Å². The van der Waals surface area contributed by atoms with E-state index < -0.39 is 0 Å². The standard InChI is InChI=1S/C27H22N2S/c1-18-10-9-11-19(25(18)28-4)20-16-17-30-26(20)29-23-14-7-5-12-21(23)27(2,3)22-13-6-8-15-24(22)29/h5-17H,1-3H3. The number of aryl methyl sites for hydroxylation is 1. The molecule has 0 saturated carbocycles. The Morgan fingerprint density at radius 2 is 1.43 bits per heavy atom. The molecule has 0 amide bonds. The molecular formula is C27H22N2S. The van der Waals surface area contributed by atoms with Gasteiger partial charge in [0.25, 0.3) is 0 Å². The second-order valence-electron chi connectivity index (χ2n) is 8.22. The lowest BCUT2D eigenvalue weighted by molar-refractivity contribution is 0.632. The Balaban J connectivity index is 1.81. The van der Waals surface area contributed by atoms with Crippen LogP contribution in [0.2, 0.25) is 0 Å². The van der Waals surface area contributed by atoms with E-state index in [2.05, 4.69) is 89.6 Å². The molecule has 0 bridgehead atoms. The zero-order valence-corrected chi connectivity index (χ0v) is 18.1. The highest BCUT2D eigenvalue weighted by molar-refractivity contribution is 7.15. The molecule has 0 unspecified atom stereocenters. The minimum atomic E-state index is -0.0773. The van der Waals surface area contributed by atoms with Crippen LogP contribution < -0.4 is 4.90 Å². The van der Waals surface area contributed by atoms with Crippen LogP contribution in [-0.2, 0) is 5.41 Å². The highest BCUT2D eigenvalue weighted by Gasteiger charge is 2.37. The molecule has 146 valence electrons. The van der Waals surface area contributed by atoms with E-state index in [1.54, 1.807) is 11.3 Å². The van der Waals surface area contributed by atoms with Crippen LogP contribution in [0, 0.1) is 13.5 Å². The van der Waals surface area contributed by atoms with Crippen molar-refractivity contribution in [1.82, 2.24) is 0 Å². The first-order valence-electron chi connectivity index (χ1n) is 10.1. The predicted octanol–water partition coefficient (Wildman–Crippen LogP) is 8.38. The van der Waals surface area contributed by atoms with Crippen molar-refractivity contribution in [3.63, 3.8) is 0 Å². The zero-order valence-electron chi connectivity index (χ0n) is 17.3. The molecule has 3 aromatic carbocycles. The van der Waals surface area contributed by atoms with Crippen molar-refractivity contribution in [3.8, 4) is 11.1 Å². The summed E-state index contributed by atoms with van der Waals surface area (Å²) in [6.45, 7) is 14.4. The number of anilines is 3. The number of rotatable bonds is 2. The molecular weight excluding hydrogens is 384 g/mol. The molecule has 0 fully saturated rings. The number of benzene rings is 3. The van der Waals surface area contributed by atoms with Crippen molar-refractivity contribution in [3.05, 3.63) is 106 Å². The summed E-state index contributed by atoms with van der Waals surface area (Å²) in [6.07, 6.45) is 0. The van der Waals surface area contributed by atoms with E-state index in [-0.39, 0.29) is 5.41 Å². The van der Waals surface area contributed by atoms with E-state index in [9.17, 15) is 0 Å². The molecule has 2 heterocycles. The van der Waals surface area contributed by atoms with Crippen molar-refractivity contribution in [2.24, 2.45) is 0 Å². The number of para-hydroxylation sites is 3. The van der Waals surface area contributed by atoms with Gasteiger partial charge >= 0.3 is 0 Å². The Labute approximate surface area is 181 Å². The van der Waals surface area contributed by atoms with Crippen LogP contribution >= 0.6 is 11.3 Å². The maximum Gasteiger partial charge on any atom is 0.197 e. The Kier molecular flexibility index (Phi) is 4.27. The van der Waals surface area contributed by atoms with Gasteiger partial charge in [0.1, 0.15) is 5.00 Å². The van der Waals surface area contributed by atoms with Gasteiger partial charge in [-0.3, -0.25) is 0 Å². The number of hydrogen-bond donors (Lipinski definition) is 0. The van der Waals surface area contributed by atoms with Crippen molar-refractivity contribution >= 4 is 33.4 Å². The second-order valence-corrected chi connectivity index (χ2v) is 9.11. The lowest BCUT2D eigenvalue weighted by atomic mass is 9.73.